The van der Waals surface area contributed by atoms with Crippen molar-refractivity contribution in [1.29, 1.82) is 0 Å². The van der Waals surface area contributed by atoms with Crippen molar-refractivity contribution in [3.63, 3.8) is 0 Å². The molecule has 0 radical (unpaired) electrons. The van der Waals surface area contributed by atoms with E-state index in [0.717, 1.165) is 11.8 Å². The molecule has 0 bridgehead atoms. The van der Waals surface area contributed by atoms with Crippen LogP contribution in [-0.2, 0) is 0 Å². The molecule has 0 aromatic heterocycles. The van der Waals surface area contributed by atoms with Crippen LogP contribution >= 0.6 is 0 Å². The molecular formula is C17H37N. The quantitative estimate of drug-likeness (QED) is 0.537. The second-order valence-electron chi connectivity index (χ2n) is 7.15. The van der Waals surface area contributed by atoms with E-state index in [1.807, 2.05) is 0 Å². The largest absolute Gasteiger partial charge is 0.298 e. The lowest BCUT2D eigenvalue weighted by Gasteiger charge is -2.45. The van der Waals surface area contributed by atoms with E-state index in [1.54, 1.807) is 0 Å². The van der Waals surface area contributed by atoms with Gasteiger partial charge < -0.3 is 0 Å². The molecule has 18 heavy (non-hydrogen) atoms. The molecular weight excluding hydrogens is 218 g/mol. The first-order valence-corrected chi connectivity index (χ1v) is 7.98. The van der Waals surface area contributed by atoms with Crippen LogP contribution in [0.2, 0.25) is 0 Å². The Bertz CT molecular complexity index is 194. The van der Waals surface area contributed by atoms with Gasteiger partial charge in [-0.2, -0.15) is 0 Å². The number of hydrogen-bond acceptors (Lipinski definition) is 1. The van der Waals surface area contributed by atoms with Crippen LogP contribution in [0.5, 0.6) is 0 Å². The highest BCUT2D eigenvalue weighted by Gasteiger charge is 2.33. The molecule has 0 heterocycles. The van der Waals surface area contributed by atoms with Crippen LogP contribution in [0, 0.1) is 11.8 Å². The standard InChI is InChI=1S/C17H37N/c1-9-17(12-10-14(2)3,13-11-15(4)5)18(8)16(6)7/h14-16H,9-13H2,1-8H3. The highest BCUT2D eigenvalue weighted by molar-refractivity contribution is 4.90. The summed E-state index contributed by atoms with van der Waals surface area (Å²) in [5.41, 5.74) is 0.419. The molecule has 0 aliphatic heterocycles. The van der Waals surface area contributed by atoms with E-state index >= 15 is 0 Å². The molecule has 0 amide bonds. The third-order valence-corrected chi connectivity index (χ3v) is 4.56. The summed E-state index contributed by atoms with van der Waals surface area (Å²) in [6, 6.07) is 0.643. The molecule has 0 saturated carbocycles. The Hall–Kier alpha value is -0.0400. The van der Waals surface area contributed by atoms with Gasteiger partial charge in [-0.05, 0) is 64.8 Å². The zero-order chi connectivity index (χ0) is 14.3. The summed E-state index contributed by atoms with van der Waals surface area (Å²) in [6.45, 7) is 16.4. The van der Waals surface area contributed by atoms with E-state index in [2.05, 4.69) is 60.4 Å². The normalized spacial score (nSPS) is 13.3. The lowest BCUT2D eigenvalue weighted by molar-refractivity contribution is 0.0534. The van der Waals surface area contributed by atoms with Crippen molar-refractivity contribution in [3.8, 4) is 0 Å². The van der Waals surface area contributed by atoms with Gasteiger partial charge in [0.1, 0.15) is 0 Å². The molecule has 0 N–H and O–H groups in total. The van der Waals surface area contributed by atoms with E-state index < -0.39 is 0 Å². The lowest BCUT2D eigenvalue weighted by atomic mass is 9.80. The van der Waals surface area contributed by atoms with Crippen LogP contribution in [-0.4, -0.2) is 23.5 Å². The van der Waals surface area contributed by atoms with Gasteiger partial charge in [-0.1, -0.05) is 34.6 Å². The van der Waals surface area contributed by atoms with Gasteiger partial charge >= 0.3 is 0 Å². The number of hydrogen-bond donors (Lipinski definition) is 0. The van der Waals surface area contributed by atoms with Crippen LogP contribution in [0.3, 0.4) is 0 Å². The van der Waals surface area contributed by atoms with Gasteiger partial charge in [-0.25, -0.2) is 0 Å². The van der Waals surface area contributed by atoms with E-state index in [4.69, 9.17) is 0 Å². The molecule has 0 fully saturated rings. The number of rotatable bonds is 9. The predicted octanol–water partition coefficient (Wildman–Crippen LogP) is 5.35. The second kappa shape index (κ2) is 8.19. The van der Waals surface area contributed by atoms with E-state index in [-0.39, 0.29) is 0 Å². The van der Waals surface area contributed by atoms with E-state index in [1.165, 1.54) is 32.1 Å². The molecule has 1 nitrogen and oxygen atoms in total. The predicted molar refractivity (Wildman–Crippen MR) is 84.1 cm³/mol. The highest BCUT2D eigenvalue weighted by atomic mass is 15.2. The van der Waals surface area contributed by atoms with Crippen LogP contribution in [0.25, 0.3) is 0 Å². The summed E-state index contributed by atoms with van der Waals surface area (Å²) in [5.74, 6) is 1.63. The Morgan fingerprint density at radius 2 is 1.22 bits per heavy atom. The van der Waals surface area contributed by atoms with E-state index in [9.17, 15) is 0 Å². The van der Waals surface area contributed by atoms with Crippen molar-refractivity contribution >= 4 is 0 Å². The van der Waals surface area contributed by atoms with Gasteiger partial charge in [-0.3, -0.25) is 4.90 Å². The molecule has 0 rings (SSSR count). The maximum absolute atomic E-state index is 2.64. The molecule has 0 aliphatic carbocycles. The lowest BCUT2D eigenvalue weighted by Crippen LogP contribution is -2.49. The maximum Gasteiger partial charge on any atom is 0.0206 e. The monoisotopic (exact) mass is 255 g/mol. The summed E-state index contributed by atoms with van der Waals surface area (Å²) in [5, 5.41) is 0. The first-order chi connectivity index (χ1) is 8.25. The highest BCUT2D eigenvalue weighted by Crippen LogP contribution is 2.33. The van der Waals surface area contributed by atoms with E-state index in [0.29, 0.717) is 11.6 Å². The zero-order valence-electron chi connectivity index (χ0n) is 14.2. The fourth-order valence-electron chi connectivity index (χ4n) is 2.74. The topological polar surface area (TPSA) is 3.24 Å². The third-order valence-electron chi connectivity index (χ3n) is 4.56. The Kier molecular flexibility index (Phi) is 8.18. The average molecular weight is 255 g/mol. The van der Waals surface area contributed by atoms with Crippen LogP contribution < -0.4 is 0 Å². The van der Waals surface area contributed by atoms with Crippen LogP contribution in [0.1, 0.15) is 80.6 Å². The molecule has 0 aromatic carbocycles. The van der Waals surface area contributed by atoms with Crippen molar-refractivity contribution in [3.05, 3.63) is 0 Å². The van der Waals surface area contributed by atoms with Gasteiger partial charge in [0.15, 0.2) is 0 Å². The van der Waals surface area contributed by atoms with Gasteiger partial charge in [0.25, 0.3) is 0 Å². The van der Waals surface area contributed by atoms with Gasteiger partial charge in [-0.15, -0.1) is 0 Å². The molecule has 0 spiro atoms. The summed E-state index contributed by atoms with van der Waals surface area (Å²) >= 11 is 0. The molecule has 110 valence electrons. The molecule has 0 aromatic rings. The van der Waals surface area contributed by atoms with Crippen molar-refractivity contribution in [1.82, 2.24) is 4.90 Å². The van der Waals surface area contributed by atoms with Gasteiger partial charge in [0.2, 0.25) is 0 Å². The van der Waals surface area contributed by atoms with Crippen molar-refractivity contribution in [2.45, 2.75) is 92.2 Å². The minimum Gasteiger partial charge on any atom is -0.298 e. The first-order valence-electron chi connectivity index (χ1n) is 7.98. The average Bonchev–Trinajstić information content (AvgIpc) is 2.28. The Balaban J connectivity index is 4.81. The molecule has 0 saturated heterocycles. The maximum atomic E-state index is 2.64. The number of nitrogens with zero attached hydrogens (tertiary/aromatic N) is 1. The van der Waals surface area contributed by atoms with Gasteiger partial charge in [0.05, 0.1) is 0 Å². The second-order valence-corrected chi connectivity index (χ2v) is 7.15. The zero-order valence-corrected chi connectivity index (χ0v) is 14.2. The Morgan fingerprint density at radius 1 is 0.833 bits per heavy atom. The molecule has 1 heteroatoms. The third kappa shape index (κ3) is 5.73. The fourth-order valence-corrected chi connectivity index (χ4v) is 2.74. The Morgan fingerprint density at radius 3 is 1.44 bits per heavy atom. The first kappa shape index (κ1) is 18.0. The molecule has 0 atom stereocenters. The SMILES string of the molecule is CCC(CCC(C)C)(CCC(C)C)N(C)C(C)C. The van der Waals surface area contributed by atoms with Crippen LogP contribution in [0.4, 0.5) is 0 Å². The van der Waals surface area contributed by atoms with Crippen LogP contribution in [0.15, 0.2) is 0 Å². The summed E-state index contributed by atoms with van der Waals surface area (Å²) in [6.07, 6.45) is 6.68. The van der Waals surface area contributed by atoms with Gasteiger partial charge in [0, 0.05) is 11.6 Å². The minimum absolute atomic E-state index is 0.419. The minimum atomic E-state index is 0.419. The summed E-state index contributed by atoms with van der Waals surface area (Å²) in [4.78, 5) is 2.64. The van der Waals surface area contributed by atoms with Crippen molar-refractivity contribution in [2.24, 2.45) is 11.8 Å². The van der Waals surface area contributed by atoms with Crippen molar-refractivity contribution < 1.29 is 0 Å². The summed E-state index contributed by atoms with van der Waals surface area (Å²) < 4.78 is 0. The molecule has 0 unspecified atom stereocenters. The fraction of sp³-hybridized carbons (Fsp3) is 1.00. The molecule has 0 aliphatic rings. The van der Waals surface area contributed by atoms with Crippen molar-refractivity contribution in [2.75, 3.05) is 7.05 Å². The Labute approximate surface area is 116 Å². The summed E-state index contributed by atoms with van der Waals surface area (Å²) in [7, 11) is 2.33. The smallest absolute Gasteiger partial charge is 0.0206 e.